The van der Waals surface area contributed by atoms with Crippen molar-refractivity contribution in [1.29, 1.82) is 0 Å². The van der Waals surface area contributed by atoms with E-state index in [1.165, 1.54) is 19.1 Å². The first-order valence-corrected chi connectivity index (χ1v) is 5.64. The Balaban J connectivity index is 3.06. The molecule has 2 aromatic rings. The van der Waals surface area contributed by atoms with E-state index in [0.717, 1.165) is 10.6 Å². The largest absolute Gasteiger partial charge is 0.477 e. The minimum atomic E-state index is -1.33. The number of aromatic carboxylic acids is 1. The van der Waals surface area contributed by atoms with Crippen molar-refractivity contribution >= 4 is 16.9 Å². The standard InChI is InChI=1S/C13H12FNO4/c1-7-10(13(18)19)15(5-6-16)11-8(12(7)17)3-2-4-9(11)14/h2-4,16H,5-6H2,1H3,(H,18,19). The van der Waals surface area contributed by atoms with Crippen molar-refractivity contribution in [2.24, 2.45) is 0 Å². The monoisotopic (exact) mass is 265 g/mol. The Kier molecular flexibility index (Phi) is 3.35. The zero-order chi connectivity index (χ0) is 14.2. The molecule has 5 nitrogen and oxygen atoms in total. The average molecular weight is 265 g/mol. The van der Waals surface area contributed by atoms with E-state index in [1.807, 2.05) is 0 Å². The Hall–Kier alpha value is -2.21. The Morgan fingerprint density at radius 3 is 2.68 bits per heavy atom. The number of para-hydroxylation sites is 1. The molecule has 0 aliphatic heterocycles. The van der Waals surface area contributed by atoms with Crippen molar-refractivity contribution in [1.82, 2.24) is 4.57 Å². The summed E-state index contributed by atoms with van der Waals surface area (Å²) in [5, 5.41) is 18.3. The molecular formula is C13H12FNO4. The first kappa shape index (κ1) is 13.2. The van der Waals surface area contributed by atoms with Gasteiger partial charge >= 0.3 is 5.97 Å². The summed E-state index contributed by atoms with van der Waals surface area (Å²) in [7, 11) is 0. The number of aromatic nitrogens is 1. The molecule has 2 rings (SSSR count). The Bertz CT molecular complexity index is 721. The van der Waals surface area contributed by atoms with Gasteiger partial charge in [0.2, 0.25) is 0 Å². The van der Waals surface area contributed by atoms with Gasteiger partial charge in [-0.15, -0.1) is 0 Å². The SMILES string of the molecule is Cc1c(C(=O)O)n(CCO)c2c(F)cccc2c1=O. The molecule has 0 saturated carbocycles. The molecule has 100 valence electrons. The van der Waals surface area contributed by atoms with E-state index >= 15 is 0 Å². The van der Waals surface area contributed by atoms with Crippen LogP contribution in [0.5, 0.6) is 0 Å². The Morgan fingerprint density at radius 1 is 1.42 bits per heavy atom. The quantitative estimate of drug-likeness (QED) is 0.872. The lowest BCUT2D eigenvalue weighted by atomic mass is 10.1. The lowest BCUT2D eigenvalue weighted by Gasteiger charge is -2.16. The summed E-state index contributed by atoms with van der Waals surface area (Å²) in [5.41, 5.74) is -0.874. The predicted molar refractivity (Wildman–Crippen MR) is 66.9 cm³/mol. The van der Waals surface area contributed by atoms with Gasteiger partial charge in [0.1, 0.15) is 11.5 Å². The summed E-state index contributed by atoms with van der Waals surface area (Å²) in [6.07, 6.45) is 0. The van der Waals surface area contributed by atoms with E-state index in [0.29, 0.717) is 0 Å². The van der Waals surface area contributed by atoms with Gasteiger partial charge in [-0.25, -0.2) is 9.18 Å². The van der Waals surface area contributed by atoms with Gasteiger partial charge in [-0.1, -0.05) is 6.07 Å². The van der Waals surface area contributed by atoms with Crippen molar-refractivity contribution in [3.8, 4) is 0 Å². The zero-order valence-corrected chi connectivity index (χ0v) is 10.2. The number of rotatable bonds is 3. The average Bonchev–Trinajstić information content (AvgIpc) is 2.35. The van der Waals surface area contributed by atoms with E-state index in [9.17, 15) is 19.1 Å². The molecule has 0 radical (unpaired) electrons. The van der Waals surface area contributed by atoms with Crippen LogP contribution in [-0.2, 0) is 6.54 Å². The molecule has 0 spiro atoms. The Morgan fingerprint density at radius 2 is 2.11 bits per heavy atom. The second kappa shape index (κ2) is 4.81. The number of aliphatic hydroxyl groups excluding tert-OH is 1. The van der Waals surface area contributed by atoms with Crippen LogP contribution < -0.4 is 5.43 Å². The molecule has 0 saturated heterocycles. The normalized spacial score (nSPS) is 10.9. The fourth-order valence-electron chi connectivity index (χ4n) is 2.20. The third-order valence-corrected chi connectivity index (χ3v) is 2.99. The van der Waals surface area contributed by atoms with Crippen LogP contribution in [-0.4, -0.2) is 27.4 Å². The van der Waals surface area contributed by atoms with Crippen molar-refractivity contribution in [3.05, 3.63) is 45.5 Å². The van der Waals surface area contributed by atoms with Crippen LogP contribution in [0.25, 0.3) is 10.9 Å². The molecule has 2 N–H and O–H groups in total. The number of carboxylic acids is 1. The summed E-state index contributed by atoms with van der Waals surface area (Å²) in [5.74, 6) is -2.02. The molecule has 0 aliphatic rings. The highest BCUT2D eigenvalue weighted by molar-refractivity contribution is 5.92. The second-order valence-electron chi connectivity index (χ2n) is 4.12. The molecule has 1 heterocycles. The highest BCUT2D eigenvalue weighted by Crippen LogP contribution is 2.19. The smallest absolute Gasteiger partial charge is 0.352 e. The maximum Gasteiger partial charge on any atom is 0.352 e. The van der Waals surface area contributed by atoms with Gasteiger partial charge in [0, 0.05) is 17.5 Å². The summed E-state index contributed by atoms with van der Waals surface area (Å²) < 4.78 is 15.0. The second-order valence-corrected chi connectivity index (χ2v) is 4.12. The van der Waals surface area contributed by atoms with Crippen molar-refractivity contribution in [3.63, 3.8) is 0 Å². The van der Waals surface area contributed by atoms with Crippen molar-refractivity contribution in [2.75, 3.05) is 6.61 Å². The number of benzene rings is 1. The molecule has 0 bridgehead atoms. The number of fused-ring (bicyclic) bond motifs is 1. The van der Waals surface area contributed by atoms with Gasteiger partial charge in [-0.3, -0.25) is 4.79 Å². The lowest BCUT2D eigenvalue weighted by molar-refractivity contribution is 0.0682. The molecule has 0 amide bonds. The van der Waals surface area contributed by atoms with E-state index in [1.54, 1.807) is 0 Å². The maximum absolute atomic E-state index is 13.9. The number of carbonyl (C=O) groups is 1. The number of halogens is 1. The number of aliphatic hydroxyl groups is 1. The van der Waals surface area contributed by atoms with Gasteiger partial charge < -0.3 is 14.8 Å². The molecule has 6 heteroatoms. The van der Waals surface area contributed by atoms with Crippen molar-refractivity contribution in [2.45, 2.75) is 13.5 Å². The molecule has 1 aromatic heterocycles. The van der Waals surface area contributed by atoms with Gasteiger partial charge in [0.25, 0.3) is 0 Å². The molecule has 0 unspecified atom stereocenters. The van der Waals surface area contributed by atoms with E-state index in [2.05, 4.69) is 0 Å². The van der Waals surface area contributed by atoms with E-state index < -0.39 is 17.2 Å². The Labute approximate surface area is 107 Å². The van der Waals surface area contributed by atoms with Crippen LogP contribution in [0, 0.1) is 12.7 Å². The minimum Gasteiger partial charge on any atom is -0.477 e. The summed E-state index contributed by atoms with van der Waals surface area (Å²) >= 11 is 0. The molecule has 1 aromatic carbocycles. The fraction of sp³-hybridized carbons (Fsp3) is 0.231. The number of carboxylic acid groups (broad SMARTS) is 1. The molecule has 19 heavy (non-hydrogen) atoms. The number of nitrogens with zero attached hydrogens (tertiary/aromatic N) is 1. The lowest BCUT2D eigenvalue weighted by Crippen LogP contribution is -2.23. The van der Waals surface area contributed by atoms with Crippen LogP contribution in [0.2, 0.25) is 0 Å². The van der Waals surface area contributed by atoms with Crippen LogP contribution >= 0.6 is 0 Å². The van der Waals surface area contributed by atoms with E-state index in [4.69, 9.17) is 5.11 Å². The van der Waals surface area contributed by atoms with Crippen molar-refractivity contribution < 1.29 is 19.4 Å². The highest BCUT2D eigenvalue weighted by Gasteiger charge is 2.20. The van der Waals surface area contributed by atoms with Crippen LogP contribution in [0.3, 0.4) is 0 Å². The molecular weight excluding hydrogens is 253 g/mol. The summed E-state index contributed by atoms with van der Waals surface area (Å²) in [4.78, 5) is 23.3. The molecule has 0 aliphatic carbocycles. The van der Waals surface area contributed by atoms with Gasteiger partial charge in [-0.2, -0.15) is 0 Å². The van der Waals surface area contributed by atoms with Gasteiger partial charge in [0.05, 0.1) is 12.1 Å². The third-order valence-electron chi connectivity index (χ3n) is 2.99. The number of pyridine rings is 1. The van der Waals surface area contributed by atoms with E-state index in [-0.39, 0.29) is 35.3 Å². The first-order chi connectivity index (χ1) is 8.99. The highest BCUT2D eigenvalue weighted by atomic mass is 19.1. The number of hydrogen-bond donors (Lipinski definition) is 2. The van der Waals surface area contributed by atoms with Gasteiger partial charge in [0.15, 0.2) is 5.43 Å². The summed E-state index contributed by atoms with van der Waals surface area (Å²) in [6, 6.07) is 3.98. The predicted octanol–water partition coefficient (Wildman–Crippen LogP) is 1.14. The minimum absolute atomic E-state index is 0.0269. The maximum atomic E-state index is 13.9. The fourth-order valence-corrected chi connectivity index (χ4v) is 2.20. The zero-order valence-electron chi connectivity index (χ0n) is 10.2. The number of hydrogen-bond acceptors (Lipinski definition) is 3. The first-order valence-electron chi connectivity index (χ1n) is 5.64. The summed E-state index contributed by atoms with van der Waals surface area (Å²) in [6.45, 7) is 0.927. The van der Waals surface area contributed by atoms with Crippen LogP contribution in [0.15, 0.2) is 23.0 Å². The molecule has 0 atom stereocenters. The molecule has 0 fully saturated rings. The third kappa shape index (κ3) is 2.00. The topological polar surface area (TPSA) is 79.5 Å². The van der Waals surface area contributed by atoms with Crippen LogP contribution in [0.4, 0.5) is 4.39 Å². The van der Waals surface area contributed by atoms with Gasteiger partial charge in [-0.05, 0) is 19.1 Å². The van der Waals surface area contributed by atoms with Crippen LogP contribution in [0.1, 0.15) is 16.1 Å².